The molecule has 1 aromatic heterocycles. The Labute approximate surface area is 217 Å². The van der Waals surface area contributed by atoms with Gasteiger partial charge < -0.3 is 36.0 Å². The van der Waals surface area contributed by atoms with Gasteiger partial charge in [-0.3, -0.25) is 9.59 Å². The van der Waals surface area contributed by atoms with E-state index in [0.29, 0.717) is 62.4 Å². The zero-order chi connectivity index (χ0) is 25.9. The van der Waals surface area contributed by atoms with Crippen LogP contribution in [0.15, 0.2) is 30.3 Å². The van der Waals surface area contributed by atoms with E-state index >= 15 is 0 Å². The molecule has 37 heavy (non-hydrogen) atoms. The first kappa shape index (κ1) is 25.3. The summed E-state index contributed by atoms with van der Waals surface area (Å²) in [4.78, 5) is 33.6. The van der Waals surface area contributed by atoms with Gasteiger partial charge in [0.05, 0.1) is 6.10 Å². The number of carbonyl (C=O) groups is 2. The number of aliphatic hydroxyl groups is 1. The fourth-order valence-corrected chi connectivity index (χ4v) is 5.14. The number of phenols is 1. The van der Waals surface area contributed by atoms with Gasteiger partial charge >= 0.3 is 0 Å². The lowest BCUT2D eigenvalue weighted by molar-refractivity contribution is -0.129. The highest BCUT2D eigenvalue weighted by molar-refractivity contribution is 5.95. The van der Waals surface area contributed by atoms with Crippen molar-refractivity contribution in [3.63, 3.8) is 0 Å². The molecule has 1 aromatic carbocycles. The van der Waals surface area contributed by atoms with Gasteiger partial charge in [0.25, 0.3) is 5.91 Å². The molecule has 2 atom stereocenters. The number of pyridine rings is 1. The number of phenolic OH excluding ortho intramolecular Hbond substituents is 1. The minimum Gasteiger partial charge on any atom is -0.508 e. The van der Waals surface area contributed by atoms with Crippen molar-refractivity contribution in [2.45, 2.75) is 57.3 Å². The van der Waals surface area contributed by atoms with Crippen LogP contribution in [0.1, 0.15) is 47.7 Å². The maximum Gasteiger partial charge on any atom is 0.251 e. The average molecular weight is 509 g/mol. The van der Waals surface area contributed by atoms with E-state index < -0.39 is 6.10 Å². The zero-order valence-electron chi connectivity index (χ0n) is 21.2. The summed E-state index contributed by atoms with van der Waals surface area (Å²) in [5, 5.41) is 30.1. The summed E-state index contributed by atoms with van der Waals surface area (Å²) in [6.45, 7) is 4.83. The van der Waals surface area contributed by atoms with Gasteiger partial charge in [0.2, 0.25) is 5.91 Å². The molecule has 10 nitrogen and oxygen atoms in total. The molecule has 2 amide bonds. The number of rotatable bonds is 7. The van der Waals surface area contributed by atoms with Crippen LogP contribution in [0.25, 0.3) is 0 Å². The Morgan fingerprint density at radius 2 is 1.92 bits per heavy atom. The molecule has 1 saturated heterocycles. The molecule has 2 fully saturated rings. The quantitative estimate of drug-likeness (QED) is 0.378. The predicted molar refractivity (Wildman–Crippen MR) is 141 cm³/mol. The number of fused-ring (bicyclic) bond motifs is 1. The molecule has 2 aromatic rings. The minimum atomic E-state index is -0.764. The topological polar surface area (TPSA) is 130 Å². The number of piperazine rings is 1. The number of aliphatic hydroxyl groups excluding tert-OH is 1. The van der Waals surface area contributed by atoms with Crippen LogP contribution in [0.3, 0.4) is 0 Å². The Morgan fingerprint density at radius 1 is 1.14 bits per heavy atom. The second kappa shape index (κ2) is 10.9. The van der Waals surface area contributed by atoms with Gasteiger partial charge in [-0.25, -0.2) is 4.98 Å². The van der Waals surface area contributed by atoms with E-state index in [1.54, 1.807) is 31.2 Å². The molecule has 0 bridgehead atoms. The fourth-order valence-electron chi connectivity index (χ4n) is 5.14. The Morgan fingerprint density at radius 3 is 2.62 bits per heavy atom. The Bertz CT molecular complexity index is 1150. The van der Waals surface area contributed by atoms with Gasteiger partial charge in [-0.2, -0.15) is 0 Å². The predicted octanol–water partition coefficient (Wildman–Crippen LogP) is 1.23. The van der Waals surface area contributed by atoms with Crippen molar-refractivity contribution in [3.05, 3.63) is 47.0 Å². The molecule has 2 aliphatic heterocycles. The first-order valence-corrected chi connectivity index (χ1v) is 13.2. The van der Waals surface area contributed by atoms with E-state index in [2.05, 4.69) is 20.9 Å². The van der Waals surface area contributed by atoms with Gasteiger partial charge in [0.1, 0.15) is 17.4 Å². The summed E-state index contributed by atoms with van der Waals surface area (Å²) >= 11 is 0. The zero-order valence-corrected chi connectivity index (χ0v) is 21.2. The van der Waals surface area contributed by atoms with Gasteiger partial charge in [-0.15, -0.1) is 0 Å². The molecule has 0 radical (unpaired) electrons. The van der Waals surface area contributed by atoms with Crippen molar-refractivity contribution >= 4 is 23.5 Å². The number of carbonyl (C=O) groups excluding carboxylic acids is 2. The summed E-state index contributed by atoms with van der Waals surface area (Å²) in [5.41, 5.74) is 2.60. The van der Waals surface area contributed by atoms with Crippen LogP contribution < -0.4 is 20.9 Å². The molecule has 198 valence electrons. The fraction of sp³-hybridized carbons (Fsp3) is 0.519. The van der Waals surface area contributed by atoms with Crippen LogP contribution in [-0.4, -0.2) is 82.8 Å². The first-order valence-electron chi connectivity index (χ1n) is 13.2. The van der Waals surface area contributed by atoms with Crippen molar-refractivity contribution < 1.29 is 19.8 Å². The minimum absolute atomic E-state index is 0.0701. The number of hydrogen-bond acceptors (Lipinski definition) is 8. The Kier molecular flexibility index (Phi) is 7.48. The largest absolute Gasteiger partial charge is 0.508 e. The third kappa shape index (κ3) is 5.97. The summed E-state index contributed by atoms with van der Waals surface area (Å²) in [7, 11) is 0. The van der Waals surface area contributed by atoms with E-state index in [0.717, 1.165) is 24.0 Å². The average Bonchev–Trinajstić information content (AvgIpc) is 2.88. The summed E-state index contributed by atoms with van der Waals surface area (Å²) in [6, 6.07) is 9.02. The Balaban J connectivity index is 1.24. The molecule has 0 spiro atoms. The lowest BCUT2D eigenvalue weighted by atomic mass is 9.92. The molecule has 5 N–H and O–H groups in total. The molecular weight excluding hydrogens is 472 g/mol. The molecule has 1 aliphatic carbocycles. The maximum absolute atomic E-state index is 13.2. The number of amides is 2. The van der Waals surface area contributed by atoms with Crippen LogP contribution in [0.4, 0.5) is 11.6 Å². The lowest BCUT2D eigenvalue weighted by Gasteiger charge is -2.35. The SMILES string of the molecule is CC(=O)N1CCN(c2cc(C(=O)NCC(O)[C@@H]3Cc4ccc(O)cc4CN3)cc(NC3CCC3)n2)CC1. The molecule has 10 heteroatoms. The van der Waals surface area contributed by atoms with Crippen molar-refractivity contribution in [1.29, 1.82) is 0 Å². The smallest absolute Gasteiger partial charge is 0.251 e. The normalized spacial score (nSPS) is 20.5. The summed E-state index contributed by atoms with van der Waals surface area (Å²) < 4.78 is 0. The monoisotopic (exact) mass is 508 g/mol. The first-order chi connectivity index (χ1) is 17.9. The van der Waals surface area contributed by atoms with Gasteiger partial charge in [-0.05, 0) is 61.1 Å². The van der Waals surface area contributed by atoms with Crippen molar-refractivity contribution in [2.24, 2.45) is 0 Å². The Hall–Kier alpha value is -3.37. The second-order valence-electron chi connectivity index (χ2n) is 10.3. The van der Waals surface area contributed by atoms with Crippen LogP contribution in [0.5, 0.6) is 5.75 Å². The molecule has 3 aliphatic rings. The highest BCUT2D eigenvalue weighted by Crippen LogP contribution is 2.26. The van der Waals surface area contributed by atoms with Gasteiger partial charge in [0, 0.05) is 63.8 Å². The lowest BCUT2D eigenvalue weighted by Crippen LogP contribution is -2.49. The maximum atomic E-state index is 13.2. The number of nitrogens with one attached hydrogen (secondary N) is 3. The molecule has 3 heterocycles. The third-order valence-corrected chi connectivity index (χ3v) is 7.70. The van der Waals surface area contributed by atoms with Gasteiger partial charge in [0.15, 0.2) is 0 Å². The number of aromatic hydroxyl groups is 1. The van der Waals surface area contributed by atoms with E-state index in [4.69, 9.17) is 4.98 Å². The van der Waals surface area contributed by atoms with Crippen LogP contribution in [-0.2, 0) is 17.8 Å². The van der Waals surface area contributed by atoms with Crippen LogP contribution in [0.2, 0.25) is 0 Å². The van der Waals surface area contributed by atoms with Crippen molar-refractivity contribution in [2.75, 3.05) is 42.9 Å². The standard InChI is InChI=1S/C27H36N6O4/c1-17(34)32-7-9-33(10-8-32)26-14-19(13-25(31-26)30-21-3-2-4-21)27(37)29-16-24(36)23-12-18-5-6-22(35)11-20(18)15-28-23/h5-6,11,13-14,21,23-24,28,35-36H,2-4,7-10,12,15-16H2,1H3,(H,29,37)(H,30,31)/t23-,24?/m0/s1. The molecule has 5 rings (SSSR count). The number of hydrogen-bond donors (Lipinski definition) is 5. The molecular formula is C27H36N6O4. The molecule has 1 saturated carbocycles. The molecule has 1 unspecified atom stereocenters. The van der Waals surface area contributed by atoms with E-state index in [1.165, 1.54) is 6.42 Å². The number of aromatic nitrogens is 1. The highest BCUT2D eigenvalue weighted by Gasteiger charge is 2.26. The van der Waals surface area contributed by atoms with Crippen LogP contribution in [0, 0.1) is 0 Å². The van der Waals surface area contributed by atoms with E-state index in [1.807, 2.05) is 11.0 Å². The third-order valence-electron chi connectivity index (χ3n) is 7.70. The summed E-state index contributed by atoms with van der Waals surface area (Å²) in [6.07, 6.45) is 3.23. The van der Waals surface area contributed by atoms with Crippen molar-refractivity contribution in [3.8, 4) is 5.75 Å². The highest BCUT2D eigenvalue weighted by atomic mass is 16.3. The van der Waals surface area contributed by atoms with Crippen LogP contribution >= 0.6 is 0 Å². The summed E-state index contributed by atoms with van der Waals surface area (Å²) in [5.74, 6) is 1.43. The van der Waals surface area contributed by atoms with Gasteiger partial charge in [-0.1, -0.05) is 6.07 Å². The number of benzene rings is 1. The number of nitrogens with zero attached hydrogens (tertiary/aromatic N) is 3. The van der Waals surface area contributed by atoms with Crippen molar-refractivity contribution in [1.82, 2.24) is 20.5 Å². The number of anilines is 2. The second-order valence-corrected chi connectivity index (χ2v) is 10.3. The van der Waals surface area contributed by atoms with E-state index in [9.17, 15) is 19.8 Å². The van der Waals surface area contributed by atoms with E-state index in [-0.39, 0.29) is 30.2 Å².